The van der Waals surface area contributed by atoms with E-state index in [0.29, 0.717) is 11.8 Å². The second kappa shape index (κ2) is 10.5. The van der Waals surface area contributed by atoms with E-state index in [2.05, 4.69) is 93.5 Å². The van der Waals surface area contributed by atoms with Crippen molar-refractivity contribution in [1.29, 1.82) is 0 Å². The number of halogens is 1. The number of ether oxygens (including phenoxy) is 2. The van der Waals surface area contributed by atoms with Crippen molar-refractivity contribution >= 4 is 30.7 Å². The number of hydrogen-bond donors (Lipinski definition) is 0. The van der Waals surface area contributed by atoms with Gasteiger partial charge in [0.05, 0.1) is 22.3 Å². The third kappa shape index (κ3) is 9.55. The predicted molar refractivity (Wildman–Crippen MR) is 119 cm³/mol. The van der Waals surface area contributed by atoms with Crippen molar-refractivity contribution in [1.82, 2.24) is 0 Å². The summed E-state index contributed by atoms with van der Waals surface area (Å²) in [6, 6.07) is 4.12. The Morgan fingerprint density at radius 3 is 1.92 bits per heavy atom. The minimum atomic E-state index is -1.44. The van der Waals surface area contributed by atoms with E-state index in [-0.39, 0.29) is 0 Å². The van der Waals surface area contributed by atoms with E-state index in [4.69, 9.17) is 9.47 Å². The maximum absolute atomic E-state index is 6.04. The molecule has 0 fully saturated rings. The Morgan fingerprint density at radius 2 is 1.44 bits per heavy atom. The highest BCUT2D eigenvalue weighted by Gasteiger charge is 2.12. The van der Waals surface area contributed by atoms with Gasteiger partial charge in [0, 0.05) is 6.07 Å². The van der Waals surface area contributed by atoms with Crippen molar-refractivity contribution in [3.05, 3.63) is 21.3 Å². The Bertz CT molecular complexity index is 607. The molecule has 1 rings (SSSR count). The molecule has 25 heavy (non-hydrogen) atoms. The fourth-order valence-electron chi connectivity index (χ4n) is 1.93. The van der Waals surface area contributed by atoms with Crippen LogP contribution in [0.1, 0.15) is 46.1 Å². The Labute approximate surface area is 169 Å². The van der Waals surface area contributed by atoms with Crippen molar-refractivity contribution in [3.63, 3.8) is 0 Å². The lowest BCUT2D eigenvalue weighted by molar-refractivity contribution is 0.280. The molecular weight excluding hydrogens is 439 g/mol. The first kappa shape index (κ1) is 22.4. The minimum Gasteiger partial charge on any atom is -0.492 e. The molecule has 140 valence electrons. The topological polar surface area (TPSA) is 18.5 Å². The highest BCUT2D eigenvalue weighted by molar-refractivity contribution is 14.1. The second-order valence-electron chi connectivity index (χ2n) is 8.34. The van der Waals surface area contributed by atoms with Gasteiger partial charge in [-0.1, -0.05) is 53.3 Å². The van der Waals surface area contributed by atoms with E-state index in [1.165, 1.54) is 0 Å². The van der Waals surface area contributed by atoms with Crippen LogP contribution in [0.25, 0.3) is 0 Å². The van der Waals surface area contributed by atoms with Gasteiger partial charge in [-0.05, 0) is 53.3 Å². The molecule has 0 bridgehead atoms. The Morgan fingerprint density at radius 1 is 0.920 bits per heavy atom. The predicted octanol–water partition coefficient (Wildman–Crippen LogP) is 6.37. The number of benzene rings is 1. The van der Waals surface area contributed by atoms with E-state index in [9.17, 15) is 0 Å². The van der Waals surface area contributed by atoms with Gasteiger partial charge in [-0.25, -0.2) is 0 Å². The Kier molecular flexibility index (Phi) is 9.37. The normalized spacial score (nSPS) is 11.4. The Hall–Kier alpha value is -0.673. The smallest absolute Gasteiger partial charge is 0.136 e. The van der Waals surface area contributed by atoms with E-state index in [0.717, 1.165) is 46.7 Å². The van der Waals surface area contributed by atoms with Gasteiger partial charge in [-0.15, -0.1) is 5.54 Å². The first-order valence-electron chi connectivity index (χ1n) is 9.21. The van der Waals surface area contributed by atoms with Crippen molar-refractivity contribution < 1.29 is 9.47 Å². The molecule has 1 aromatic rings. The molecule has 0 aliphatic carbocycles. The van der Waals surface area contributed by atoms with Crippen molar-refractivity contribution in [2.45, 2.75) is 60.2 Å². The van der Waals surface area contributed by atoms with Gasteiger partial charge in [-0.2, -0.15) is 0 Å². The van der Waals surface area contributed by atoms with Gasteiger partial charge in [-0.3, -0.25) is 0 Å². The van der Waals surface area contributed by atoms with E-state index in [1.807, 2.05) is 0 Å². The molecule has 0 heterocycles. The van der Waals surface area contributed by atoms with Gasteiger partial charge in [0.25, 0.3) is 0 Å². The van der Waals surface area contributed by atoms with Crippen LogP contribution in [0, 0.1) is 26.9 Å². The molecule has 0 spiro atoms. The van der Waals surface area contributed by atoms with E-state index < -0.39 is 8.07 Å². The average molecular weight is 472 g/mol. The summed E-state index contributed by atoms with van der Waals surface area (Å²) in [6.07, 6.45) is 2.10. The third-order valence-corrected chi connectivity index (χ3v) is 5.23. The maximum atomic E-state index is 6.04. The monoisotopic (exact) mass is 472 g/mol. The van der Waals surface area contributed by atoms with Crippen molar-refractivity contribution in [2.75, 3.05) is 13.2 Å². The fourth-order valence-corrected chi connectivity index (χ4v) is 3.03. The maximum Gasteiger partial charge on any atom is 0.136 e. The van der Waals surface area contributed by atoms with Gasteiger partial charge >= 0.3 is 0 Å². The molecule has 0 aromatic heterocycles. The summed E-state index contributed by atoms with van der Waals surface area (Å²) in [4.78, 5) is 0. The summed E-state index contributed by atoms with van der Waals surface area (Å²) in [5, 5.41) is 0. The molecule has 2 nitrogen and oxygen atoms in total. The van der Waals surface area contributed by atoms with E-state index in [1.54, 1.807) is 0 Å². The summed E-state index contributed by atoms with van der Waals surface area (Å²) >= 11 is 2.32. The van der Waals surface area contributed by atoms with Gasteiger partial charge in [0.15, 0.2) is 0 Å². The highest BCUT2D eigenvalue weighted by atomic mass is 127. The molecular formula is C21H33IO2Si. The molecule has 0 aliphatic rings. The lowest BCUT2D eigenvalue weighted by Gasteiger charge is -2.15. The van der Waals surface area contributed by atoms with E-state index >= 15 is 0 Å². The van der Waals surface area contributed by atoms with Crippen LogP contribution in [0.3, 0.4) is 0 Å². The van der Waals surface area contributed by atoms with Crippen LogP contribution < -0.4 is 9.47 Å². The van der Waals surface area contributed by atoms with Crippen molar-refractivity contribution in [2.24, 2.45) is 11.8 Å². The Balaban J connectivity index is 3.04. The molecule has 0 saturated heterocycles. The van der Waals surface area contributed by atoms with Crippen LogP contribution in [0.2, 0.25) is 19.6 Å². The zero-order valence-corrected chi connectivity index (χ0v) is 20.0. The summed E-state index contributed by atoms with van der Waals surface area (Å²) in [5.74, 6) is 6.43. The van der Waals surface area contributed by atoms with Crippen LogP contribution >= 0.6 is 22.6 Å². The van der Waals surface area contributed by atoms with Crippen LogP contribution in [-0.2, 0) is 0 Å². The third-order valence-electron chi connectivity index (χ3n) is 3.51. The first-order chi connectivity index (χ1) is 11.6. The zero-order chi connectivity index (χ0) is 19.0. The van der Waals surface area contributed by atoms with Crippen LogP contribution in [0.15, 0.2) is 12.1 Å². The summed E-state index contributed by atoms with van der Waals surface area (Å²) in [6.45, 7) is 17.1. The van der Waals surface area contributed by atoms with Crippen LogP contribution in [0.5, 0.6) is 11.5 Å². The molecule has 0 radical (unpaired) electrons. The molecule has 0 saturated carbocycles. The standard InChI is InChI=1S/C21H33IO2Si/c1-16(2)8-11-23-20-15-19(22)21(24-12-9-17(3)4)14-18(20)10-13-25(5,6)7/h14-17H,8-9,11-12H2,1-7H3. The van der Waals surface area contributed by atoms with Gasteiger partial charge in [0.2, 0.25) is 0 Å². The first-order valence-corrected chi connectivity index (χ1v) is 13.8. The molecule has 0 N–H and O–H groups in total. The van der Waals surface area contributed by atoms with Gasteiger partial charge in [0.1, 0.15) is 19.6 Å². The quantitative estimate of drug-likeness (QED) is 0.249. The molecule has 1 aromatic carbocycles. The number of rotatable bonds is 8. The zero-order valence-electron chi connectivity index (χ0n) is 16.8. The lowest BCUT2D eigenvalue weighted by Crippen LogP contribution is -2.16. The second-order valence-corrected chi connectivity index (χ2v) is 14.3. The van der Waals surface area contributed by atoms with Crippen LogP contribution in [-0.4, -0.2) is 21.3 Å². The molecule has 0 aliphatic heterocycles. The SMILES string of the molecule is CC(C)CCOc1cc(C#C[Si](C)(C)C)c(OCCC(C)C)cc1I. The summed E-state index contributed by atoms with van der Waals surface area (Å²) in [5.41, 5.74) is 4.40. The summed E-state index contributed by atoms with van der Waals surface area (Å²) < 4.78 is 13.1. The molecule has 0 atom stereocenters. The minimum absolute atomic E-state index is 0.634. The molecule has 0 unspecified atom stereocenters. The largest absolute Gasteiger partial charge is 0.492 e. The molecule has 0 amide bonds. The summed E-state index contributed by atoms with van der Waals surface area (Å²) in [7, 11) is -1.44. The van der Waals surface area contributed by atoms with Gasteiger partial charge < -0.3 is 9.47 Å². The highest BCUT2D eigenvalue weighted by Crippen LogP contribution is 2.30. The van der Waals surface area contributed by atoms with Crippen LogP contribution in [0.4, 0.5) is 0 Å². The fraction of sp³-hybridized carbons (Fsp3) is 0.619. The lowest BCUT2D eigenvalue weighted by atomic mass is 10.1. The average Bonchev–Trinajstić information content (AvgIpc) is 2.46. The number of hydrogen-bond acceptors (Lipinski definition) is 2. The molecule has 4 heteroatoms. The van der Waals surface area contributed by atoms with Crippen molar-refractivity contribution in [3.8, 4) is 23.0 Å².